The number of sulfonamides is 1. The second kappa shape index (κ2) is 10.0. The predicted molar refractivity (Wildman–Crippen MR) is 122 cm³/mol. The highest BCUT2D eigenvalue weighted by molar-refractivity contribution is 7.89. The number of ether oxygens (including phenoxy) is 1. The first-order valence-corrected chi connectivity index (χ1v) is 12.5. The minimum Gasteiger partial charge on any atom is -0.494 e. The van der Waals surface area contributed by atoms with Crippen molar-refractivity contribution in [1.29, 1.82) is 0 Å². The fourth-order valence-corrected chi connectivity index (χ4v) is 5.97. The topological polar surface area (TPSA) is 66.9 Å². The van der Waals surface area contributed by atoms with Crippen LogP contribution < -0.4 is 4.74 Å². The van der Waals surface area contributed by atoms with Crippen LogP contribution in [0.25, 0.3) is 0 Å². The Bertz CT molecular complexity index is 1020. The van der Waals surface area contributed by atoms with E-state index in [1.54, 1.807) is 19.9 Å². The van der Waals surface area contributed by atoms with Gasteiger partial charge in [0.1, 0.15) is 10.6 Å². The molecule has 0 radical (unpaired) electrons. The molecule has 1 saturated heterocycles. The van der Waals surface area contributed by atoms with Crippen molar-refractivity contribution in [3.63, 3.8) is 0 Å². The summed E-state index contributed by atoms with van der Waals surface area (Å²) in [6, 6.07) is 12.2. The molecule has 1 atom stereocenters. The van der Waals surface area contributed by atoms with Crippen LogP contribution in [0.5, 0.6) is 5.75 Å². The van der Waals surface area contributed by atoms with Gasteiger partial charge in [-0.05, 0) is 55.7 Å². The van der Waals surface area contributed by atoms with Gasteiger partial charge in [-0.1, -0.05) is 37.6 Å². The lowest BCUT2D eigenvalue weighted by atomic mass is 10.0. The molecule has 0 bridgehead atoms. The van der Waals surface area contributed by atoms with E-state index in [4.69, 9.17) is 16.3 Å². The molecule has 1 unspecified atom stereocenters. The molecule has 0 N–H and O–H groups in total. The summed E-state index contributed by atoms with van der Waals surface area (Å²) in [6.07, 6.45) is 1.75. The van der Waals surface area contributed by atoms with Crippen LogP contribution in [0.2, 0.25) is 5.02 Å². The number of carbonyl (C=O) groups excluding carboxylic acids is 1. The minimum absolute atomic E-state index is 0.0273. The number of rotatable bonds is 8. The predicted octanol–water partition coefficient (Wildman–Crippen LogP) is 4.75. The Morgan fingerprint density at radius 1 is 1.13 bits per heavy atom. The lowest BCUT2D eigenvalue weighted by Gasteiger charge is -2.26. The molecule has 0 saturated carbocycles. The van der Waals surface area contributed by atoms with E-state index in [9.17, 15) is 13.2 Å². The van der Waals surface area contributed by atoms with Crippen molar-refractivity contribution < 1.29 is 17.9 Å². The standard InChI is InChI=1S/C23H29ClN2O4S/c1-4-25(5-2)31(28,29)22-16-18(11-14-20(22)24)23(27)26-15-7-8-21(26)17-9-12-19(13-10-17)30-6-3/h9-14,16,21H,4-8,15H2,1-3H3. The molecule has 8 heteroatoms. The maximum absolute atomic E-state index is 13.3. The Hall–Kier alpha value is -2.09. The molecule has 1 aliphatic rings. The van der Waals surface area contributed by atoms with Gasteiger partial charge in [-0.25, -0.2) is 8.42 Å². The number of carbonyl (C=O) groups is 1. The maximum Gasteiger partial charge on any atom is 0.254 e. The summed E-state index contributed by atoms with van der Waals surface area (Å²) in [4.78, 5) is 15.1. The average Bonchev–Trinajstić information content (AvgIpc) is 3.25. The van der Waals surface area contributed by atoms with Gasteiger partial charge >= 0.3 is 0 Å². The van der Waals surface area contributed by atoms with Gasteiger partial charge in [0.2, 0.25) is 10.0 Å². The number of amides is 1. The summed E-state index contributed by atoms with van der Waals surface area (Å²) in [6.45, 7) is 7.37. The Kier molecular flexibility index (Phi) is 7.62. The van der Waals surface area contributed by atoms with Crippen molar-refractivity contribution in [2.75, 3.05) is 26.2 Å². The van der Waals surface area contributed by atoms with E-state index in [-0.39, 0.29) is 21.9 Å². The fraction of sp³-hybridized carbons (Fsp3) is 0.435. The van der Waals surface area contributed by atoms with Crippen molar-refractivity contribution in [3.8, 4) is 5.75 Å². The van der Waals surface area contributed by atoms with Gasteiger partial charge in [0.15, 0.2) is 0 Å². The van der Waals surface area contributed by atoms with Crippen molar-refractivity contribution in [3.05, 3.63) is 58.6 Å². The second-order valence-corrected chi connectivity index (χ2v) is 9.71. The number of hydrogen-bond acceptors (Lipinski definition) is 4. The van der Waals surface area contributed by atoms with Crippen LogP contribution in [0, 0.1) is 0 Å². The van der Waals surface area contributed by atoms with Crippen LogP contribution in [-0.4, -0.2) is 49.8 Å². The van der Waals surface area contributed by atoms with Gasteiger partial charge in [0.25, 0.3) is 5.91 Å². The first-order valence-electron chi connectivity index (χ1n) is 10.7. The van der Waals surface area contributed by atoms with Gasteiger partial charge in [0, 0.05) is 25.2 Å². The van der Waals surface area contributed by atoms with Crippen LogP contribution in [-0.2, 0) is 10.0 Å². The Morgan fingerprint density at radius 3 is 2.42 bits per heavy atom. The minimum atomic E-state index is -3.77. The number of likely N-dealkylation sites (tertiary alicyclic amines) is 1. The lowest BCUT2D eigenvalue weighted by molar-refractivity contribution is 0.0735. The summed E-state index contributed by atoms with van der Waals surface area (Å²) in [5.74, 6) is 0.607. The SMILES string of the molecule is CCOc1ccc(C2CCCN2C(=O)c2ccc(Cl)c(S(=O)(=O)N(CC)CC)c2)cc1. The summed E-state index contributed by atoms with van der Waals surface area (Å²) in [5, 5.41) is 0.118. The first-order chi connectivity index (χ1) is 14.8. The van der Waals surface area contributed by atoms with Crippen molar-refractivity contribution in [2.45, 2.75) is 44.6 Å². The normalized spacial score (nSPS) is 16.7. The smallest absolute Gasteiger partial charge is 0.254 e. The molecule has 1 aliphatic heterocycles. The molecular weight excluding hydrogens is 436 g/mol. The molecule has 0 aliphatic carbocycles. The van der Waals surface area contributed by atoms with Crippen LogP contribution in [0.4, 0.5) is 0 Å². The van der Waals surface area contributed by atoms with Gasteiger partial charge in [0.05, 0.1) is 17.7 Å². The van der Waals surface area contributed by atoms with Crippen LogP contribution in [0.3, 0.4) is 0 Å². The molecule has 31 heavy (non-hydrogen) atoms. The van der Waals surface area contributed by atoms with E-state index in [1.807, 2.05) is 36.1 Å². The average molecular weight is 465 g/mol. The first kappa shape index (κ1) is 23.6. The zero-order valence-electron chi connectivity index (χ0n) is 18.2. The van der Waals surface area contributed by atoms with E-state index < -0.39 is 10.0 Å². The van der Waals surface area contributed by atoms with Gasteiger partial charge in [-0.15, -0.1) is 0 Å². The Balaban J connectivity index is 1.90. The highest BCUT2D eigenvalue weighted by atomic mass is 35.5. The summed E-state index contributed by atoms with van der Waals surface area (Å²) < 4.78 is 32.8. The van der Waals surface area contributed by atoms with Gasteiger partial charge < -0.3 is 9.64 Å². The van der Waals surface area contributed by atoms with E-state index in [1.165, 1.54) is 16.4 Å². The second-order valence-electron chi connectivity index (χ2n) is 7.39. The molecule has 2 aromatic rings. The maximum atomic E-state index is 13.3. The molecule has 0 spiro atoms. The van der Waals surface area contributed by atoms with Crippen LogP contribution in [0.15, 0.2) is 47.4 Å². The van der Waals surface area contributed by atoms with Crippen molar-refractivity contribution >= 4 is 27.5 Å². The number of benzene rings is 2. The summed E-state index contributed by atoms with van der Waals surface area (Å²) in [5.41, 5.74) is 1.37. The molecule has 1 fully saturated rings. The summed E-state index contributed by atoms with van der Waals surface area (Å²) in [7, 11) is -3.77. The molecule has 3 rings (SSSR count). The number of nitrogens with zero attached hydrogens (tertiary/aromatic N) is 2. The largest absolute Gasteiger partial charge is 0.494 e. The van der Waals surface area contributed by atoms with Crippen molar-refractivity contribution in [1.82, 2.24) is 9.21 Å². The number of halogens is 1. The monoisotopic (exact) mass is 464 g/mol. The lowest BCUT2D eigenvalue weighted by Crippen LogP contribution is -2.32. The van der Waals surface area contributed by atoms with Gasteiger partial charge in [-0.3, -0.25) is 4.79 Å². The molecule has 168 valence electrons. The van der Waals surface area contributed by atoms with Crippen LogP contribution in [0.1, 0.15) is 55.6 Å². The fourth-order valence-electron chi connectivity index (χ4n) is 4.01. The molecule has 6 nitrogen and oxygen atoms in total. The highest BCUT2D eigenvalue weighted by Gasteiger charge is 2.32. The quantitative estimate of drug-likeness (QED) is 0.565. The Labute approximate surface area is 189 Å². The zero-order valence-corrected chi connectivity index (χ0v) is 19.7. The molecule has 0 aromatic heterocycles. The Morgan fingerprint density at radius 2 is 1.81 bits per heavy atom. The van der Waals surface area contributed by atoms with E-state index in [0.717, 1.165) is 24.2 Å². The van der Waals surface area contributed by atoms with E-state index in [2.05, 4.69) is 0 Å². The van der Waals surface area contributed by atoms with Crippen LogP contribution >= 0.6 is 11.6 Å². The molecule has 1 amide bonds. The van der Waals surface area contributed by atoms with Gasteiger partial charge in [-0.2, -0.15) is 4.31 Å². The highest BCUT2D eigenvalue weighted by Crippen LogP contribution is 2.35. The number of hydrogen-bond donors (Lipinski definition) is 0. The molecule has 1 heterocycles. The van der Waals surface area contributed by atoms with E-state index >= 15 is 0 Å². The third-order valence-electron chi connectivity index (χ3n) is 5.59. The molecular formula is C23H29ClN2O4S. The summed E-state index contributed by atoms with van der Waals surface area (Å²) >= 11 is 6.23. The van der Waals surface area contributed by atoms with E-state index in [0.29, 0.717) is 31.8 Å². The third-order valence-corrected chi connectivity index (χ3v) is 8.12. The zero-order chi connectivity index (χ0) is 22.6. The third kappa shape index (κ3) is 4.89. The molecule has 2 aromatic carbocycles. The van der Waals surface area contributed by atoms with Crippen molar-refractivity contribution in [2.24, 2.45) is 0 Å².